The molecule has 0 radical (unpaired) electrons. The number of hydrazone groups is 1. The fourth-order valence-corrected chi connectivity index (χ4v) is 2.96. The van der Waals surface area contributed by atoms with E-state index in [-0.39, 0.29) is 24.1 Å². The van der Waals surface area contributed by atoms with Crippen LogP contribution >= 0.6 is 12.4 Å². The topological polar surface area (TPSA) is 90.4 Å². The van der Waals surface area contributed by atoms with E-state index in [9.17, 15) is 9.90 Å². The Morgan fingerprint density at radius 2 is 1.92 bits per heavy atom. The lowest BCUT2D eigenvalue weighted by molar-refractivity contribution is -0.122. The van der Waals surface area contributed by atoms with Gasteiger partial charge < -0.3 is 10.1 Å². The summed E-state index contributed by atoms with van der Waals surface area (Å²) < 4.78 is 0. The molecule has 0 saturated heterocycles. The van der Waals surface area contributed by atoms with Crippen LogP contribution in [0.5, 0.6) is 5.75 Å². The van der Waals surface area contributed by atoms with Gasteiger partial charge in [-0.05, 0) is 48.9 Å². The predicted octanol–water partition coefficient (Wildman–Crippen LogP) is 3.12. The van der Waals surface area contributed by atoms with E-state index in [0.29, 0.717) is 6.42 Å². The van der Waals surface area contributed by atoms with E-state index in [4.69, 9.17) is 0 Å². The summed E-state index contributed by atoms with van der Waals surface area (Å²) >= 11 is 0. The molecule has 1 atom stereocenters. The Hall–Kier alpha value is -2.86. The van der Waals surface area contributed by atoms with E-state index in [2.05, 4.69) is 20.5 Å². The number of imidazole rings is 1. The SMILES string of the molecule is CC1(c2ccc3nc(-c4ccc(O)cc4)[nH]c3c2)C=NNC(=O)C1.Cl. The number of fused-ring (bicyclic) bond motifs is 1. The minimum Gasteiger partial charge on any atom is -0.508 e. The minimum absolute atomic E-state index is 0. The van der Waals surface area contributed by atoms with Crippen molar-refractivity contribution >= 4 is 35.6 Å². The van der Waals surface area contributed by atoms with Crippen molar-refractivity contribution in [1.29, 1.82) is 0 Å². The highest BCUT2D eigenvalue weighted by Crippen LogP contribution is 2.30. The van der Waals surface area contributed by atoms with Crippen molar-refractivity contribution in [3.63, 3.8) is 0 Å². The van der Waals surface area contributed by atoms with Crippen LogP contribution in [0, 0.1) is 0 Å². The lowest BCUT2D eigenvalue weighted by atomic mass is 9.79. The highest BCUT2D eigenvalue weighted by atomic mass is 35.5. The molecule has 1 aromatic heterocycles. The van der Waals surface area contributed by atoms with Gasteiger partial charge in [-0.1, -0.05) is 6.07 Å². The van der Waals surface area contributed by atoms with Gasteiger partial charge in [-0.25, -0.2) is 10.4 Å². The second kappa shape index (κ2) is 6.22. The second-order valence-corrected chi connectivity index (χ2v) is 6.25. The van der Waals surface area contributed by atoms with E-state index >= 15 is 0 Å². The van der Waals surface area contributed by atoms with Gasteiger partial charge >= 0.3 is 0 Å². The lowest BCUT2D eigenvalue weighted by Crippen LogP contribution is -2.37. The zero-order valence-corrected chi connectivity index (χ0v) is 14.3. The van der Waals surface area contributed by atoms with Crippen LogP contribution in [0.1, 0.15) is 18.9 Å². The monoisotopic (exact) mass is 356 g/mol. The van der Waals surface area contributed by atoms with Gasteiger partial charge in [-0.2, -0.15) is 5.10 Å². The number of hydrogen-bond donors (Lipinski definition) is 3. The summed E-state index contributed by atoms with van der Waals surface area (Å²) in [5.41, 5.74) is 5.69. The number of H-pyrrole nitrogens is 1. The fraction of sp³-hybridized carbons (Fsp3) is 0.167. The zero-order valence-electron chi connectivity index (χ0n) is 13.5. The van der Waals surface area contributed by atoms with Gasteiger partial charge in [0.15, 0.2) is 0 Å². The largest absolute Gasteiger partial charge is 0.508 e. The molecular formula is C18H17ClN4O2. The first-order valence-electron chi connectivity index (χ1n) is 7.66. The van der Waals surface area contributed by atoms with Crippen molar-refractivity contribution in [3.8, 4) is 17.1 Å². The Kier molecular flexibility index (Phi) is 4.22. The average Bonchev–Trinajstić information content (AvgIpc) is 2.98. The standard InChI is InChI=1S/C18H16N4O2.ClH/c1-18(9-16(24)22-19-10-18)12-4-7-14-15(8-12)21-17(20-14)11-2-5-13(23)6-3-11;/h2-8,10,23H,9H2,1H3,(H,20,21)(H,22,24);1H. The first-order chi connectivity index (χ1) is 11.5. The smallest absolute Gasteiger partial charge is 0.241 e. The summed E-state index contributed by atoms with van der Waals surface area (Å²) in [6.45, 7) is 1.99. The number of aromatic amines is 1. The number of nitrogens with one attached hydrogen (secondary N) is 2. The van der Waals surface area contributed by atoms with Crippen LogP contribution in [0.15, 0.2) is 47.6 Å². The summed E-state index contributed by atoms with van der Waals surface area (Å²) in [6, 6.07) is 12.8. The quantitative estimate of drug-likeness (QED) is 0.659. The van der Waals surface area contributed by atoms with Crippen molar-refractivity contribution in [2.75, 3.05) is 0 Å². The molecule has 6 nitrogen and oxygen atoms in total. The van der Waals surface area contributed by atoms with Crippen LogP contribution < -0.4 is 5.43 Å². The molecule has 1 aliphatic rings. The van der Waals surface area contributed by atoms with Gasteiger partial charge in [0, 0.05) is 23.6 Å². The van der Waals surface area contributed by atoms with E-state index in [1.807, 2.05) is 37.3 Å². The molecule has 128 valence electrons. The Labute approximate surface area is 150 Å². The molecule has 0 aliphatic carbocycles. The molecule has 1 aliphatic heterocycles. The van der Waals surface area contributed by atoms with Crippen LogP contribution in [0.3, 0.4) is 0 Å². The van der Waals surface area contributed by atoms with Crippen LogP contribution in [0.4, 0.5) is 0 Å². The summed E-state index contributed by atoms with van der Waals surface area (Å²) in [4.78, 5) is 19.6. The summed E-state index contributed by atoms with van der Waals surface area (Å²) in [7, 11) is 0. The predicted molar refractivity (Wildman–Crippen MR) is 99.0 cm³/mol. The number of rotatable bonds is 2. The third kappa shape index (κ3) is 3.08. The number of phenols is 1. The lowest BCUT2D eigenvalue weighted by Gasteiger charge is -2.27. The number of aromatic nitrogens is 2. The molecular weight excluding hydrogens is 340 g/mol. The number of hydrogen-bond acceptors (Lipinski definition) is 4. The summed E-state index contributed by atoms with van der Waals surface area (Å²) in [6.07, 6.45) is 2.13. The molecule has 0 bridgehead atoms. The first-order valence-corrected chi connectivity index (χ1v) is 7.66. The van der Waals surface area contributed by atoms with Crippen molar-refractivity contribution in [3.05, 3.63) is 48.0 Å². The number of amides is 1. The van der Waals surface area contributed by atoms with Crippen LogP contribution in [-0.2, 0) is 10.2 Å². The molecule has 1 unspecified atom stereocenters. The second-order valence-electron chi connectivity index (χ2n) is 6.25. The third-order valence-electron chi connectivity index (χ3n) is 4.35. The van der Waals surface area contributed by atoms with Crippen LogP contribution in [-0.4, -0.2) is 27.2 Å². The zero-order chi connectivity index (χ0) is 16.7. The summed E-state index contributed by atoms with van der Waals surface area (Å²) in [5.74, 6) is 0.872. The van der Waals surface area contributed by atoms with E-state index in [1.54, 1.807) is 18.3 Å². The van der Waals surface area contributed by atoms with Crippen molar-refractivity contribution in [1.82, 2.24) is 15.4 Å². The molecule has 4 rings (SSSR count). The van der Waals surface area contributed by atoms with Crippen molar-refractivity contribution in [2.45, 2.75) is 18.8 Å². The molecule has 1 amide bonds. The normalized spacial score (nSPS) is 19.5. The highest BCUT2D eigenvalue weighted by Gasteiger charge is 2.31. The molecule has 3 aromatic rings. The Balaban J connectivity index is 0.00000182. The number of aromatic hydroxyl groups is 1. The molecule has 2 heterocycles. The van der Waals surface area contributed by atoms with Gasteiger partial charge in [0.2, 0.25) is 5.91 Å². The average molecular weight is 357 g/mol. The van der Waals surface area contributed by atoms with Gasteiger partial charge in [-0.3, -0.25) is 4.79 Å². The third-order valence-corrected chi connectivity index (χ3v) is 4.35. The fourth-order valence-electron chi connectivity index (χ4n) is 2.96. The minimum atomic E-state index is -0.430. The van der Waals surface area contributed by atoms with Gasteiger partial charge in [-0.15, -0.1) is 12.4 Å². The Bertz CT molecular complexity index is 965. The number of benzene rings is 2. The van der Waals surface area contributed by atoms with Crippen LogP contribution in [0.2, 0.25) is 0 Å². The maximum Gasteiger partial charge on any atom is 0.241 e. The molecule has 0 saturated carbocycles. The maximum atomic E-state index is 11.7. The Morgan fingerprint density at radius 1 is 1.16 bits per heavy atom. The van der Waals surface area contributed by atoms with Crippen LogP contribution in [0.25, 0.3) is 22.4 Å². The van der Waals surface area contributed by atoms with Gasteiger partial charge in [0.1, 0.15) is 11.6 Å². The van der Waals surface area contributed by atoms with E-state index in [0.717, 1.165) is 28.0 Å². The number of halogens is 1. The Morgan fingerprint density at radius 3 is 2.64 bits per heavy atom. The first kappa shape index (κ1) is 17.0. The van der Waals surface area contributed by atoms with Crippen molar-refractivity contribution < 1.29 is 9.90 Å². The molecule has 0 spiro atoms. The van der Waals surface area contributed by atoms with E-state index in [1.165, 1.54) is 0 Å². The molecule has 2 aromatic carbocycles. The number of nitrogens with zero attached hydrogens (tertiary/aromatic N) is 2. The number of phenolic OH excluding ortho intramolecular Hbond substituents is 1. The van der Waals surface area contributed by atoms with Crippen molar-refractivity contribution in [2.24, 2.45) is 5.10 Å². The molecule has 0 fully saturated rings. The number of carbonyl (C=O) groups excluding carboxylic acids is 1. The number of carbonyl (C=O) groups is 1. The summed E-state index contributed by atoms with van der Waals surface area (Å²) in [5, 5.41) is 13.4. The molecule has 7 heteroatoms. The van der Waals surface area contributed by atoms with E-state index < -0.39 is 5.41 Å². The van der Waals surface area contributed by atoms with Gasteiger partial charge in [0.05, 0.1) is 11.0 Å². The highest BCUT2D eigenvalue weighted by molar-refractivity contribution is 5.90. The van der Waals surface area contributed by atoms with Gasteiger partial charge in [0.25, 0.3) is 0 Å². The molecule has 3 N–H and O–H groups in total. The maximum absolute atomic E-state index is 11.7. The molecule has 25 heavy (non-hydrogen) atoms.